The van der Waals surface area contributed by atoms with Crippen molar-refractivity contribution in [3.05, 3.63) is 35.6 Å². The van der Waals surface area contributed by atoms with Gasteiger partial charge < -0.3 is 4.74 Å². The van der Waals surface area contributed by atoms with Crippen LogP contribution in [0.15, 0.2) is 28.7 Å². The maximum absolute atomic E-state index is 12.7. The summed E-state index contributed by atoms with van der Waals surface area (Å²) in [5.74, 6) is 0.765. The van der Waals surface area contributed by atoms with Gasteiger partial charge >= 0.3 is 0 Å². The van der Waals surface area contributed by atoms with Gasteiger partial charge in [-0.3, -0.25) is 0 Å². The van der Waals surface area contributed by atoms with Crippen LogP contribution in [0.3, 0.4) is 0 Å². The van der Waals surface area contributed by atoms with Gasteiger partial charge in [0, 0.05) is 17.5 Å². The summed E-state index contributed by atoms with van der Waals surface area (Å²) in [6.45, 7) is 0. The zero-order chi connectivity index (χ0) is 8.39. The lowest BCUT2D eigenvalue weighted by Gasteiger charge is -1.99. The quantitative estimate of drug-likeness (QED) is 0.622. The van der Waals surface area contributed by atoms with Gasteiger partial charge in [0.1, 0.15) is 5.82 Å². The molecule has 4 heteroatoms. The largest absolute Gasteiger partial charge is 0.464 e. The highest BCUT2D eigenvalue weighted by atomic mass is 32.2. The maximum atomic E-state index is 12.7. The summed E-state index contributed by atoms with van der Waals surface area (Å²) in [7, 11) is 0. The fourth-order valence-electron chi connectivity index (χ4n) is 0.951. The Labute approximate surface area is 73.6 Å². The second-order valence-electron chi connectivity index (χ2n) is 2.30. The van der Waals surface area contributed by atoms with Gasteiger partial charge in [-0.2, -0.15) is 4.40 Å². The molecule has 0 bridgehead atoms. The van der Waals surface area contributed by atoms with E-state index in [9.17, 15) is 4.39 Å². The van der Waals surface area contributed by atoms with Crippen molar-refractivity contribution < 1.29 is 9.13 Å². The van der Waals surface area contributed by atoms with E-state index in [1.165, 1.54) is 24.1 Å². The molecule has 2 nitrogen and oxygen atoms in total. The van der Waals surface area contributed by atoms with Gasteiger partial charge in [-0.1, -0.05) is 6.07 Å². The zero-order valence-electron chi connectivity index (χ0n) is 6.16. The van der Waals surface area contributed by atoms with E-state index in [4.69, 9.17) is 4.74 Å². The fraction of sp³-hybridized carbons (Fsp3) is 0.125. The molecule has 0 aromatic heterocycles. The Hall–Kier alpha value is -1.03. The van der Waals surface area contributed by atoms with Crippen molar-refractivity contribution in [3.8, 4) is 0 Å². The molecule has 0 saturated heterocycles. The highest BCUT2D eigenvalue weighted by Crippen LogP contribution is 2.17. The van der Waals surface area contributed by atoms with E-state index >= 15 is 0 Å². The first kappa shape index (κ1) is 7.61. The van der Waals surface area contributed by atoms with Crippen LogP contribution in [0.4, 0.5) is 4.39 Å². The van der Waals surface area contributed by atoms with Gasteiger partial charge in [-0.15, -0.1) is 0 Å². The lowest BCUT2D eigenvalue weighted by atomic mass is 10.2. The number of ether oxygens (including phenoxy) is 1. The smallest absolute Gasteiger partial charge is 0.228 e. The van der Waals surface area contributed by atoms with Crippen LogP contribution in [-0.4, -0.2) is 11.8 Å². The van der Waals surface area contributed by atoms with Gasteiger partial charge in [0.25, 0.3) is 0 Å². The van der Waals surface area contributed by atoms with Gasteiger partial charge in [0.2, 0.25) is 5.90 Å². The Morgan fingerprint density at radius 3 is 3.08 bits per heavy atom. The van der Waals surface area contributed by atoms with Crippen molar-refractivity contribution in [2.45, 2.75) is 0 Å². The normalized spacial score (nSPS) is 15.6. The molecule has 1 aromatic rings. The van der Waals surface area contributed by atoms with E-state index in [2.05, 4.69) is 4.40 Å². The van der Waals surface area contributed by atoms with Crippen molar-refractivity contribution >= 4 is 17.8 Å². The van der Waals surface area contributed by atoms with E-state index in [0.717, 1.165) is 0 Å². The highest BCUT2D eigenvalue weighted by Gasteiger charge is 2.10. The van der Waals surface area contributed by atoms with Crippen molar-refractivity contribution in [3.63, 3.8) is 0 Å². The molecule has 12 heavy (non-hydrogen) atoms. The summed E-state index contributed by atoms with van der Waals surface area (Å²) in [6.07, 6.45) is 0. The Balaban J connectivity index is 2.33. The molecule has 0 radical (unpaired) electrons. The van der Waals surface area contributed by atoms with Crippen LogP contribution in [0.5, 0.6) is 0 Å². The average molecular weight is 183 g/mol. The summed E-state index contributed by atoms with van der Waals surface area (Å²) in [5, 5.41) is 0. The third-order valence-electron chi connectivity index (χ3n) is 1.47. The monoisotopic (exact) mass is 183 g/mol. The van der Waals surface area contributed by atoms with Crippen LogP contribution in [0.1, 0.15) is 5.56 Å². The van der Waals surface area contributed by atoms with Gasteiger partial charge in [0.05, 0.1) is 0 Å². The Kier molecular flexibility index (Phi) is 1.99. The Bertz CT molecular complexity index is 327. The first-order chi connectivity index (χ1) is 5.86. The topological polar surface area (TPSA) is 21.6 Å². The van der Waals surface area contributed by atoms with E-state index in [-0.39, 0.29) is 5.82 Å². The molecule has 0 aliphatic carbocycles. The fourth-order valence-corrected chi connectivity index (χ4v) is 1.44. The molecular weight excluding hydrogens is 177 g/mol. The third kappa shape index (κ3) is 1.43. The SMILES string of the molecule is Fc1cccc(C2=NSCO2)c1. The van der Waals surface area contributed by atoms with Crippen molar-refractivity contribution in [2.75, 3.05) is 5.94 Å². The molecule has 0 unspecified atom stereocenters. The predicted octanol–water partition coefficient (Wildman–Crippen LogP) is 2.21. The molecule has 0 spiro atoms. The van der Waals surface area contributed by atoms with Crippen LogP contribution in [0, 0.1) is 5.82 Å². The lowest BCUT2D eigenvalue weighted by molar-refractivity contribution is 0.393. The predicted molar refractivity (Wildman–Crippen MR) is 46.5 cm³/mol. The summed E-state index contributed by atoms with van der Waals surface area (Å²) in [5.41, 5.74) is 0.694. The first-order valence-electron chi connectivity index (χ1n) is 3.45. The molecule has 0 fully saturated rings. The minimum atomic E-state index is -0.268. The molecule has 0 N–H and O–H groups in total. The molecule has 1 aliphatic rings. The first-order valence-corrected chi connectivity index (χ1v) is 4.39. The molecule has 62 valence electrons. The number of benzene rings is 1. The lowest BCUT2D eigenvalue weighted by Crippen LogP contribution is -2.00. The van der Waals surface area contributed by atoms with E-state index in [0.29, 0.717) is 17.4 Å². The summed E-state index contributed by atoms with van der Waals surface area (Å²) in [4.78, 5) is 0. The van der Waals surface area contributed by atoms with Gasteiger partial charge in [0.15, 0.2) is 5.94 Å². The van der Waals surface area contributed by atoms with Crippen molar-refractivity contribution in [2.24, 2.45) is 4.40 Å². The second kappa shape index (κ2) is 3.15. The second-order valence-corrected chi connectivity index (χ2v) is 2.97. The third-order valence-corrected chi connectivity index (χ3v) is 1.99. The average Bonchev–Trinajstić information content (AvgIpc) is 2.56. The minimum absolute atomic E-state index is 0.268. The molecule has 1 aliphatic heterocycles. The number of hydrogen-bond donors (Lipinski definition) is 0. The zero-order valence-corrected chi connectivity index (χ0v) is 6.97. The summed E-state index contributed by atoms with van der Waals surface area (Å²) >= 11 is 1.33. The van der Waals surface area contributed by atoms with Crippen LogP contribution in [0.2, 0.25) is 0 Å². The summed E-state index contributed by atoms with van der Waals surface area (Å²) in [6, 6.07) is 6.21. The van der Waals surface area contributed by atoms with Crippen LogP contribution in [0.25, 0.3) is 0 Å². The van der Waals surface area contributed by atoms with E-state index in [1.807, 2.05) is 0 Å². The molecule has 0 atom stereocenters. The molecule has 2 rings (SSSR count). The van der Waals surface area contributed by atoms with Gasteiger partial charge in [-0.05, 0) is 18.2 Å². The molecular formula is C8H6FNOS. The van der Waals surface area contributed by atoms with E-state index < -0.39 is 0 Å². The number of rotatable bonds is 1. The van der Waals surface area contributed by atoms with Crippen molar-refractivity contribution in [1.82, 2.24) is 0 Å². The molecule has 0 saturated carbocycles. The number of hydrogen-bond acceptors (Lipinski definition) is 3. The van der Waals surface area contributed by atoms with Gasteiger partial charge in [-0.25, -0.2) is 4.39 Å². The Morgan fingerprint density at radius 1 is 1.50 bits per heavy atom. The molecule has 0 amide bonds. The maximum Gasteiger partial charge on any atom is 0.228 e. The standard InChI is InChI=1S/C8H6FNOS/c9-7-3-1-2-6(4-7)8-10-12-5-11-8/h1-4H,5H2. The van der Waals surface area contributed by atoms with Crippen LogP contribution in [-0.2, 0) is 4.74 Å². The molecule has 1 heterocycles. The number of halogens is 1. The van der Waals surface area contributed by atoms with E-state index in [1.54, 1.807) is 12.1 Å². The molecule has 1 aromatic carbocycles. The van der Waals surface area contributed by atoms with Crippen LogP contribution >= 0.6 is 11.9 Å². The highest BCUT2D eigenvalue weighted by molar-refractivity contribution is 7.98. The Morgan fingerprint density at radius 2 is 2.42 bits per heavy atom. The van der Waals surface area contributed by atoms with Crippen LogP contribution < -0.4 is 0 Å². The van der Waals surface area contributed by atoms with Crippen molar-refractivity contribution in [1.29, 1.82) is 0 Å². The number of nitrogens with zero attached hydrogens (tertiary/aromatic N) is 1. The minimum Gasteiger partial charge on any atom is -0.464 e. The summed E-state index contributed by atoms with van der Waals surface area (Å²) < 4.78 is 21.8.